The van der Waals surface area contributed by atoms with E-state index in [2.05, 4.69) is 5.32 Å². The molecule has 0 aliphatic rings. The molecule has 3 aromatic rings. The third-order valence-electron chi connectivity index (χ3n) is 4.24. The number of amides is 1. The maximum Gasteiger partial charge on any atom is 0.264 e. The molecular formula is C21H17Cl3N2O3S. The number of carbonyl (C=O) groups is 1. The Bertz CT molecular complexity index is 1140. The molecule has 0 aromatic heterocycles. The van der Waals surface area contributed by atoms with Gasteiger partial charge in [0.2, 0.25) is 5.91 Å². The molecule has 30 heavy (non-hydrogen) atoms. The number of para-hydroxylation sites is 1. The monoisotopic (exact) mass is 482 g/mol. The quantitative estimate of drug-likeness (QED) is 0.482. The van der Waals surface area contributed by atoms with Crippen molar-refractivity contribution in [2.75, 3.05) is 16.2 Å². The fourth-order valence-corrected chi connectivity index (χ4v) is 4.73. The molecule has 0 unspecified atom stereocenters. The second-order valence-electron chi connectivity index (χ2n) is 6.45. The van der Waals surface area contributed by atoms with Gasteiger partial charge in [0.05, 0.1) is 26.3 Å². The Hall–Kier alpha value is -2.25. The predicted octanol–water partition coefficient (Wildman–Crippen LogP) is 5.79. The van der Waals surface area contributed by atoms with E-state index in [9.17, 15) is 13.2 Å². The van der Waals surface area contributed by atoms with E-state index in [-0.39, 0.29) is 20.6 Å². The van der Waals surface area contributed by atoms with Crippen molar-refractivity contribution in [1.82, 2.24) is 0 Å². The van der Waals surface area contributed by atoms with Gasteiger partial charge in [-0.3, -0.25) is 9.10 Å². The number of sulfonamides is 1. The van der Waals surface area contributed by atoms with Crippen LogP contribution in [0, 0.1) is 6.92 Å². The van der Waals surface area contributed by atoms with Crippen LogP contribution in [-0.2, 0) is 14.8 Å². The lowest BCUT2D eigenvalue weighted by Crippen LogP contribution is -2.38. The summed E-state index contributed by atoms with van der Waals surface area (Å²) in [5.74, 6) is -0.601. The van der Waals surface area contributed by atoms with Crippen molar-refractivity contribution in [2.24, 2.45) is 0 Å². The van der Waals surface area contributed by atoms with Gasteiger partial charge < -0.3 is 5.32 Å². The first kappa shape index (κ1) is 22.4. The van der Waals surface area contributed by atoms with E-state index in [0.29, 0.717) is 10.7 Å². The Labute approximate surface area is 190 Å². The summed E-state index contributed by atoms with van der Waals surface area (Å²) in [5.41, 5.74) is 1.42. The van der Waals surface area contributed by atoms with Gasteiger partial charge in [0, 0.05) is 5.02 Å². The van der Waals surface area contributed by atoms with Gasteiger partial charge in [-0.2, -0.15) is 0 Å². The van der Waals surface area contributed by atoms with E-state index in [0.717, 1.165) is 9.87 Å². The van der Waals surface area contributed by atoms with Crippen LogP contribution in [0.5, 0.6) is 0 Å². The third kappa shape index (κ3) is 5.08. The molecule has 0 heterocycles. The summed E-state index contributed by atoms with van der Waals surface area (Å²) in [6.07, 6.45) is 0. The van der Waals surface area contributed by atoms with E-state index in [1.165, 1.54) is 24.3 Å². The number of anilines is 2. The van der Waals surface area contributed by atoms with Crippen molar-refractivity contribution in [3.8, 4) is 0 Å². The van der Waals surface area contributed by atoms with Gasteiger partial charge in [0.25, 0.3) is 10.0 Å². The summed E-state index contributed by atoms with van der Waals surface area (Å²) in [7, 11) is -4.03. The molecule has 156 valence electrons. The van der Waals surface area contributed by atoms with Gasteiger partial charge in [-0.15, -0.1) is 0 Å². The zero-order valence-electron chi connectivity index (χ0n) is 15.8. The smallest absolute Gasteiger partial charge is 0.264 e. The molecule has 0 aliphatic heterocycles. The summed E-state index contributed by atoms with van der Waals surface area (Å²) in [4.78, 5) is 12.8. The number of benzene rings is 3. The summed E-state index contributed by atoms with van der Waals surface area (Å²) in [6.45, 7) is 1.37. The average molecular weight is 484 g/mol. The van der Waals surface area contributed by atoms with Crippen LogP contribution in [-0.4, -0.2) is 20.9 Å². The lowest BCUT2D eigenvalue weighted by Gasteiger charge is -2.24. The lowest BCUT2D eigenvalue weighted by molar-refractivity contribution is -0.114. The minimum Gasteiger partial charge on any atom is -0.322 e. The minimum atomic E-state index is -4.03. The van der Waals surface area contributed by atoms with Crippen LogP contribution < -0.4 is 9.62 Å². The van der Waals surface area contributed by atoms with Crippen molar-refractivity contribution in [3.05, 3.63) is 87.4 Å². The number of hydrogen-bond donors (Lipinski definition) is 1. The maximum absolute atomic E-state index is 13.3. The number of halogens is 3. The first-order valence-corrected chi connectivity index (χ1v) is 11.3. The van der Waals surface area contributed by atoms with E-state index in [1.54, 1.807) is 42.5 Å². The summed E-state index contributed by atoms with van der Waals surface area (Å²) in [5, 5.41) is 3.52. The van der Waals surface area contributed by atoms with Gasteiger partial charge in [-0.25, -0.2) is 8.42 Å². The molecule has 1 amide bonds. The average Bonchev–Trinajstić information content (AvgIpc) is 2.70. The predicted molar refractivity (Wildman–Crippen MR) is 122 cm³/mol. The number of aryl methyl sites for hydroxylation is 1. The number of nitrogens with zero attached hydrogens (tertiary/aromatic N) is 1. The molecule has 0 saturated heterocycles. The van der Waals surface area contributed by atoms with Crippen LogP contribution in [0.25, 0.3) is 0 Å². The zero-order valence-corrected chi connectivity index (χ0v) is 18.9. The van der Waals surface area contributed by atoms with Crippen molar-refractivity contribution < 1.29 is 13.2 Å². The second kappa shape index (κ2) is 9.27. The maximum atomic E-state index is 13.3. The molecular weight excluding hydrogens is 467 g/mol. The third-order valence-corrected chi connectivity index (χ3v) is 6.91. The van der Waals surface area contributed by atoms with Gasteiger partial charge in [0.1, 0.15) is 6.54 Å². The second-order valence-corrected chi connectivity index (χ2v) is 9.56. The normalized spacial score (nSPS) is 11.2. The molecule has 5 nitrogen and oxygen atoms in total. The van der Waals surface area contributed by atoms with Crippen LogP contribution >= 0.6 is 34.8 Å². The van der Waals surface area contributed by atoms with E-state index >= 15 is 0 Å². The van der Waals surface area contributed by atoms with E-state index < -0.39 is 22.5 Å². The van der Waals surface area contributed by atoms with Gasteiger partial charge >= 0.3 is 0 Å². The Balaban J connectivity index is 1.96. The van der Waals surface area contributed by atoms with Gasteiger partial charge in [-0.1, -0.05) is 58.6 Å². The lowest BCUT2D eigenvalue weighted by atomic mass is 10.2. The molecule has 0 fully saturated rings. The Morgan fingerprint density at radius 2 is 1.47 bits per heavy atom. The van der Waals surface area contributed by atoms with Crippen LogP contribution in [0.1, 0.15) is 5.56 Å². The molecule has 9 heteroatoms. The SMILES string of the molecule is Cc1ccc(S(=O)(=O)N(CC(=O)Nc2c(Cl)cccc2Cl)c2ccc(Cl)cc2)cc1. The fourth-order valence-electron chi connectivity index (χ4n) is 2.69. The first-order chi connectivity index (χ1) is 14.2. The topological polar surface area (TPSA) is 66.5 Å². The number of hydrogen-bond acceptors (Lipinski definition) is 3. The van der Waals surface area contributed by atoms with Crippen molar-refractivity contribution in [1.29, 1.82) is 0 Å². The van der Waals surface area contributed by atoms with Crippen molar-refractivity contribution >= 4 is 62.1 Å². The van der Waals surface area contributed by atoms with Crippen LogP contribution in [0.4, 0.5) is 11.4 Å². The summed E-state index contributed by atoms with van der Waals surface area (Å²) < 4.78 is 27.6. The highest BCUT2D eigenvalue weighted by Gasteiger charge is 2.27. The molecule has 0 bridgehead atoms. The molecule has 1 N–H and O–H groups in total. The summed E-state index contributed by atoms with van der Waals surface area (Å²) in [6, 6.07) is 17.3. The summed E-state index contributed by atoms with van der Waals surface area (Å²) >= 11 is 18.1. The first-order valence-electron chi connectivity index (χ1n) is 8.77. The largest absolute Gasteiger partial charge is 0.322 e. The highest BCUT2D eigenvalue weighted by atomic mass is 35.5. The van der Waals surface area contributed by atoms with Crippen LogP contribution in [0.2, 0.25) is 15.1 Å². The van der Waals surface area contributed by atoms with E-state index in [1.807, 2.05) is 6.92 Å². The zero-order chi connectivity index (χ0) is 21.9. The highest BCUT2D eigenvalue weighted by molar-refractivity contribution is 7.92. The molecule has 3 rings (SSSR count). The Morgan fingerprint density at radius 1 is 0.900 bits per heavy atom. The number of rotatable bonds is 6. The van der Waals surface area contributed by atoms with Gasteiger partial charge in [0.15, 0.2) is 0 Å². The highest BCUT2D eigenvalue weighted by Crippen LogP contribution is 2.30. The van der Waals surface area contributed by atoms with Crippen molar-refractivity contribution in [2.45, 2.75) is 11.8 Å². The van der Waals surface area contributed by atoms with E-state index in [4.69, 9.17) is 34.8 Å². The van der Waals surface area contributed by atoms with Crippen LogP contribution in [0.3, 0.4) is 0 Å². The Morgan fingerprint density at radius 3 is 2.03 bits per heavy atom. The molecule has 3 aromatic carbocycles. The fraction of sp³-hybridized carbons (Fsp3) is 0.0952. The van der Waals surface area contributed by atoms with Crippen LogP contribution in [0.15, 0.2) is 71.6 Å². The minimum absolute atomic E-state index is 0.0617. The molecule has 0 radical (unpaired) electrons. The molecule has 0 saturated carbocycles. The van der Waals surface area contributed by atoms with Gasteiger partial charge in [-0.05, 0) is 55.5 Å². The Kier molecular flexibility index (Phi) is 6.93. The number of nitrogens with one attached hydrogen (secondary N) is 1. The molecule has 0 spiro atoms. The standard InChI is InChI=1S/C21H17Cl3N2O3S/c1-14-5-11-17(12-6-14)30(28,29)26(16-9-7-15(22)8-10-16)13-20(27)25-21-18(23)3-2-4-19(21)24/h2-12H,13H2,1H3,(H,25,27). The molecule has 0 aliphatic carbocycles. The molecule has 0 atom stereocenters. The number of carbonyl (C=O) groups excluding carboxylic acids is 1. The van der Waals surface area contributed by atoms with Crippen molar-refractivity contribution in [3.63, 3.8) is 0 Å².